The van der Waals surface area contributed by atoms with Gasteiger partial charge in [-0.05, 0) is 30.7 Å². The van der Waals surface area contributed by atoms with E-state index in [1.165, 1.54) is 19.3 Å². The van der Waals surface area contributed by atoms with E-state index in [-0.39, 0.29) is 30.4 Å². The summed E-state index contributed by atoms with van der Waals surface area (Å²) in [6.07, 6.45) is 9.04. The molecule has 2 rings (SSSR count). The van der Waals surface area contributed by atoms with Crippen molar-refractivity contribution in [1.29, 1.82) is 0 Å². The number of unbranched alkanes of at least 4 members (excludes halogenated alkanes) is 3. The summed E-state index contributed by atoms with van der Waals surface area (Å²) in [7, 11) is 0. The van der Waals surface area contributed by atoms with Gasteiger partial charge in [0.15, 0.2) is 0 Å². The molecule has 0 saturated heterocycles. The first-order valence-corrected chi connectivity index (χ1v) is 10.9. The number of esters is 2. The van der Waals surface area contributed by atoms with E-state index in [0.29, 0.717) is 13.0 Å². The summed E-state index contributed by atoms with van der Waals surface area (Å²) in [5, 5.41) is 0. The zero-order valence-corrected chi connectivity index (χ0v) is 17.5. The molecule has 28 heavy (non-hydrogen) atoms. The number of ether oxygens (including phenoxy) is 2. The van der Waals surface area contributed by atoms with E-state index < -0.39 is 0 Å². The minimum atomic E-state index is -0.365. The van der Waals surface area contributed by atoms with Gasteiger partial charge in [0.25, 0.3) is 0 Å². The molecule has 0 aliphatic heterocycles. The van der Waals surface area contributed by atoms with E-state index in [0.717, 1.165) is 43.6 Å². The number of benzene rings is 1. The van der Waals surface area contributed by atoms with Crippen LogP contribution in [0.25, 0.3) is 0 Å². The molecular formula is C24H36O4. The van der Waals surface area contributed by atoms with Gasteiger partial charge in [0, 0.05) is 0 Å². The standard InChI is InChI=1S/C24H36O4/c1-19(2)12-6-3-4-11-17-27-23(25)21-15-9-10-16-22(21)24(26)28-18-20-13-7-5-8-14-20/h5,7-8,13-14,19,21-22H,3-4,6,9-12,15-18H2,1-2H3. The van der Waals surface area contributed by atoms with Crippen molar-refractivity contribution in [2.45, 2.75) is 78.2 Å². The predicted octanol–water partition coefficient (Wildman–Crippen LogP) is 5.69. The Morgan fingerprint density at radius 2 is 1.50 bits per heavy atom. The fourth-order valence-corrected chi connectivity index (χ4v) is 3.82. The highest BCUT2D eigenvalue weighted by molar-refractivity contribution is 5.82. The molecule has 0 heterocycles. The van der Waals surface area contributed by atoms with Crippen LogP contribution in [0.3, 0.4) is 0 Å². The maximum Gasteiger partial charge on any atom is 0.310 e. The third-order valence-corrected chi connectivity index (χ3v) is 5.52. The summed E-state index contributed by atoms with van der Waals surface area (Å²) in [6, 6.07) is 9.64. The van der Waals surface area contributed by atoms with Crippen LogP contribution in [0, 0.1) is 17.8 Å². The Hall–Kier alpha value is -1.84. The minimum absolute atomic E-state index is 0.219. The van der Waals surface area contributed by atoms with Gasteiger partial charge in [0.05, 0.1) is 18.4 Å². The van der Waals surface area contributed by atoms with Crippen molar-refractivity contribution in [2.24, 2.45) is 17.8 Å². The number of carbonyl (C=O) groups is 2. The molecule has 0 radical (unpaired) electrons. The van der Waals surface area contributed by atoms with Gasteiger partial charge in [-0.1, -0.05) is 82.7 Å². The van der Waals surface area contributed by atoms with Crippen LogP contribution in [-0.4, -0.2) is 18.5 Å². The van der Waals surface area contributed by atoms with E-state index in [2.05, 4.69) is 13.8 Å². The van der Waals surface area contributed by atoms with Crippen molar-refractivity contribution < 1.29 is 19.1 Å². The highest BCUT2D eigenvalue weighted by Crippen LogP contribution is 2.32. The van der Waals surface area contributed by atoms with Gasteiger partial charge < -0.3 is 9.47 Å². The summed E-state index contributed by atoms with van der Waals surface area (Å²) >= 11 is 0. The lowest BCUT2D eigenvalue weighted by Gasteiger charge is -2.28. The van der Waals surface area contributed by atoms with E-state index >= 15 is 0 Å². The van der Waals surface area contributed by atoms with Gasteiger partial charge in [-0.2, -0.15) is 0 Å². The number of carbonyl (C=O) groups excluding carboxylic acids is 2. The van der Waals surface area contributed by atoms with Gasteiger partial charge in [0.2, 0.25) is 0 Å². The molecule has 0 amide bonds. The molecule has 1 aliphatic carbocycles. The van der Waals surface area contributed by atoms with Gasteiger partial charge in [-0.3, -0.25) is 9.59 Å². The molecule has 1 saturated carbocycles. The van der Waals surface area contributed by atoms with Gasteiger partial charge in [-0.15, -0.1) is 0 Å². The highest BCUT2D eigenvalue weighted by atomic mass is 16.5. The molecular weight excluding hydrogens is 352 g/mol. The minimum Gasteiger partial charge on any atom is -0.465 e. The van der Waals surface area contributed by atoms with Crippen LogP contribution in [0.4, 0.5) is 0 Å². The average molecular weight is 389 g/mol. The van der Waals surface area contributed by atoms with Crippen molar-refractivity contribution in [2.75, 3.05) is 6.61 Å². The third kappa shape index (κ3) is 8.04. The van der Waals surface area contributed by atoms with Crippen LogP contribution in [0.5, 0.6) is 0 Å². The second-order valence-electron chi connectivity index (χ2n) is 8.35. The second kappa shape index (κ2) is 12.6. The lowest BCUT2D eigenvalue weighted by molar-refractivity contribution is -0.163. The van der Waals surface area contributed by atoms with Gasteiger partial charge in [-0.25, -0.2) is 0 Å². The molecule has 156 valence electrons. The second-order valence-corrected chi connectivity index (χ2v) is 8.35. The maximum absolute atomic E-state index is 12.6. The molecule has 0 bridgehead atoms. The summed E-state index contributed by atoms with van der Waals surface area (Å²) in [5.41, 5.74) is 0.961. The quantitative estimate of drug-likeness (QED) is 0.361. The Balaban J connectivity index is 1.71. The molecule has 0 aromatic heterocycles. The fraction of sp³-hybridized carbons (Fsp3) is 0.667. The van der Waals surface area contributed by atoms with Crippen LogP contribution in [0.2, 0.25) is 0 Å². The molecule has 4 nitrogen and oxygen atoms in total. The smallest absolute Gasteiger partial charge is 0.310 e. The molecule has 0 spiro atoms. The Bertz CT molecular complexity index is 582. The first-order valence-electron chi connectivity index (χ1n) is 10.9. The van der Waals surface area contributed by atoms with Crippen molar-refractivity contribution >= 4 is 11.9 Å². The third-order valence-electron chi connectivity index (χ3n) is 5.52. The number of hydrogen-bond donors (Lipinski definition) is 0. The highest BCUT2D eigenvalue weighted by Gasteiger charge is 2.37. The molecule has 1 fully saturated rings. The molecule has 4 heteroatoms. The summed E-state index contributed by atoms with van der Waals surface area (Å²) in [4.78, 5) is 25.1. The monoisotopic (exact) mass is 388 g/mol. The molecule has 0 N–H and O–H groups in total. The average Bonchev–Trinajstić information content (AvgIpc) is 2.71. The molecule has 1 aliphatic rings. The van der Waals surface area contributed by atoms with Crippen molar-refractivity contribution in [3.63, 3.8) is 0 Å². The first kappa shape index (κ1) is 22.4. The SMILES string of the molecule is CC(C)CCCCCCOC(=O)C1CCCCC1C(=O)OCc1ccccc1. The summed E-state index contributed by atoms with van der Waals surface area (Å²) in [6.45, 7) is 5.21. The Morgan fingerprint density at radius 3 is 2.14 bits per heavy atom. The van der Waals surface area contributed by atoms with Crippen LogP contribution in [-0.2, 0) is 25.7 Å². The zero-order chi connectivity index (χ0) is 20.2. The number of hydrogen-bond acceptors (Lipinski definition) is 4. The Kier molecular flexibility index (Phi) is 10.1. The van der Waals surface area contributed by atoms with Crippen molar-refractivity contribution in [1.82, 2.24) is 0 Å². The molecule has 2 atom stereocenters. The summed E-state index contributed by atoms with van der Waals surface area (Å²) < 4.78 is 11.0. The molecule has 2 unspecified atom stereocenters. The normalized spacial score (nSPS) is 19.4. The topological polar surface area (TPSA) is 52.6 Å². The Morgan fingerprint density at radius 1 is 0.893 bits per heavy atom. The maximum atomic E-state index is 12.6. The van der Waals surface area contributed by atoms with Crippen LogP contribution in [0.15, 0.2) is 30.3 Å². The fourth-order valence-electron chi connectivity index (χ4n) is 3.82. The van der Waals surface area contributed by atoms with Gasteiger partial charge >= 0.3 is 11.9 Å². The van der Waals surface area contributed by atoms with Crippen molar-refractivity contribution in [3.05, 3.63) is 35.9 Å². The van der Waals surface area contributed by atoms with E-state index in [4.69, 9.17) is 9.47 Å². The van der Waals surface area contributed by atoms with Gasteiger partial charge in [0.1, 0.15) is 6.61 Å². The largest absolute Gasteiger partial charge is 0.465 e. The van der Waals surface area contributed by atoms with Crippen molar-refractivity contribution in [3.8, 4) is 0 Å². The zero-order valence-electron chi connectivity index (χ0n) is 17.5. The molecule has 1 aromatic rings. The lowest BCUT2D eigenvalue weighted by Crippen LogP contribution is -2.35. The van der Waals surface area contributed by atoms with E-state index in [9.17, 15) is 9.59 Å². The van der Waals surface area contributed by atoms with E-state index in [1.54, 1.807) is 0 Å². The van der Waals surface area contributed by atoms with Crippen LogP contribution >= 0.6 is 0 Å². The lowest BCUT2D eigenvalue weighted by atomic mass is 9.79. The number of rotatable bonds is 11. The molecule has 1 aromatic carbocycles. The summed E-state index contributed by atoms with van der Waals surface area (Å²) in [5.74, 6) is -0.445. The van der Waals surface area contributed by atoms with Crippen LogP contribution in [0.1, 0.15) is 77.2 Å². The first-order chi connectivity index (χ1) is 13.6. The Labute approximate surface area is 170 Å². The predicted molar refractivity (Wildman–Crippen MR) is 111 cm³/mol. The van der Waals surface area contributed by atoms with E-state index in [1.807, 2.05) is 30.3 Å². The van der Waals surface area contributed by atoms with Crippen LogP contribution < -0.4 is 0 Å².